The van der Waals surface area contributed by atoms with E-state index in [0.29, 0.717) is 6.04 Å². The van der Waals surface area contributed by atoms with E-state index in [0.717, 1.165) is 37.4 Å². The van der Waals surface area contributed by atoms with E-state index in [2.05, 4.69) is 51.6 Å². The molecule has 1 aliphatic heterocycles. The molecule has 1 aromatic carbocycles. The van der Waals surface area contributed by atoms with Gasteiger partial charge >= 0.3 is 0 Å². The van der Waals surface area contributed by atoms with Crippen molar-refractivity contribution in [2.75, 3.05) is 19.6 Å². The quantitative estimate of drug-likeness (QED) is 0.757. The molecule has 4 rings (SSSR count). The molecule has 6 heteroatoms. The minimum Gasteiger partial charge on any atom is -0.314 e. The number of nitrogens with zero attached hydrogens (tertiary/aromatic N) is 3. The second-order valence-corrected chi connectivity index (χ2v) is 5.97. The van der Waals surface area contributed by atoms with Crippen LogP contribution in [0.3, 0.4) is 0 Å². The second-order valence-electron chi connectivity index (χ2n) is 5.97. The number of nitrogens with one attached hydrogen (secondary N) is 1. The average molecular weight is 377 g/mol. The zero-order chi connectivity index (χ0) is 15.5. The Labute approximate surface area is 160 Å². The summed E-state index contributed by atoms with van der Waals surface area (Å²) in [5.74, 6) is 0. The van der Waals surface area contributed by atoms with Crippen LogP contribution in [0.1, 0.15) is 17.3 Å². The summed E-state index contributed by atoms with van der Waals surface area (Å²) in [7, 11) is 0. The highest BCUT2D eigenvalue weighted by atomic mass is 35.5. The number of rotatable bonds is 3. The molecule has 1 atom stereocenters. The lowest BCUT2D eigenvalue weighted by Crippen LogP contribution is -2.45. The molecule has 0 spiro atoms. The molecule has 132 valence electrons. The molecule has 0 bridgehead atoms. The maximum atomic E-state index is 4.82. The Morgan fingerprint density at radius 2 is 1.92 bits per heavy atom. The van der Waals surface area contributed by atoms with E-state index in [1.807, 2.05) is 24.5 Å². The van der Waals surface area contributed by atoms with Gasteiger partial charge in [-0.3, -0.25) is 14.9 Å². The van der Waals surface area contributed by atoms with Crippen molar-refractivity contribution in [3.8, 4) is 0 Å². The van der Waals surface area contributed by atoms with Crippen molar-refractivity contribution in [2.45, 2.75) is 12.6 Å². The summed E-state index contributed by atoms with van der Waals surface area (Å²) in [4.78, 5) is 11.6. The van der Waals surface area contributed by atoms with Crippen LogP contribution in [0, 0.1) is 0 Å². The first kappa shape index (κ1) is 19.6. The molecular weight excluding hydrogens is 355 g/mol. The summed E-state index contributed by atoms with van der Waals surface area (Å²) >= 11 is 0. The number of para-hydroxylation sites is 1. The lowest BCUT2D eigenvalue weighted by Gasteiger charge is -2.36. The Balaban J connectivity index is 0.00000113. The highest BCUT2D eigenvalue weighted by molar-refractivity contribution is 5.85. The number of hydrogen-bond donors (Lipinski definition) is 1. The van der Waals surface area contributed by atoms with Crippen molar-refractivity contribution in [3.63, 3.8) is 0 Å². The summed E-state index contributed by atoms with van der Waals surface area (Å²) < 4.78 is 0. The molecule has 0 aliphatic carbocycles. The minimum absolute atomic E-state index is 0. The van der Waals surface area contributed by atoms with E-state index in [-0.39, 0.29) is 24.8 Å². The van der Waals surface area contributed by atoms with Crippen LogP contribution < -0.4 is 5.32 Å². The van der Waals surface area contributed by atoms with Gasteiger partial charge in [0.2, 0.25) is 0 Å². The fraction of sp³-hybridized carbons (Fsp3) is 0.263. The van der Waals surface area contributed by atoms with Crippen molar-refractivity contribution in [1.82, 2.24) is 20.2 Å². The number of aromatic nitrogens is 2. The minimum atomic E-state index is 0. The zero-order valence-electron chi connectivity index (χ0n) is 13.8. The third-order valence-corrected chi connectivity index (χ3v) is 4.44. The van der Waals surface area contributed by atoms with Crippen LogP contribution in [0.25, 0.3) is 10.9 Å². The monoisotopic (exact) mass is 376 g/mol. The molecule has 0 amide bonds. The van der Waals surface area contributed by atoms with Crippen molar-refractivity contribution >= 4 is 35.7 Å². The number of hydrogen-bond acceptors (Lipinski definition) is 4. The Morgan fingerprint density at radius 3 is 2.76 bits per heavy atom. The predicted octanol–water partition coefficient (Wildman–Crippen LogP) is 3.62. The third-order valence-electron chi connectivity index (χ3n) is 4.44. The number of benzene rings is 1. The van der Waals surface area contributed by atoms with Gasteiger partial charge in [-0.15, -0.1) is 24.8 Å². The summed E-state index contributed by atoms with van der Waals surface area (Å²) in [5.41, 5.74) is 3.46. The van der Waals surface area contributed by atoms with Crippen molar-refractivity contribution in [1.29, 1.82) is 0 Å². The van der Waals surface area contributed by atoms with Gasteiger partial charge in [0.05, 0.1) is 11.2 Å². The fourth-order valence-electron chi connectivity index (χ4n) is 3.24. The molecule has 1 saturated heterocycles. The molecule has 0 radical (unpaired) electrons. The summed E-state index contributed by atoms with van der Waals surface area (Å²) in [5, 5.41) is 4.68. The largest absolute Gasteiger partial charge is 0.314 e. The SMILES string of the molecule is Cl.Cl.c1cncc(C2CNCCN2Cc2ccc3ccccc3n2)c1. The van der Waals surface area contributed by atoms with Gasteiger partial charge in [-0.2, -0.15) is 0 Å². The molecule has 1 aliphatic rings. The molecule has 1 fully saturated rings. The first-order valence-electron chi connectivity index (χ1n) is 8.09. The van der Waals surface area contributed by atoms with Gasteiger partial charge in [0.1, 0.15) is 0 Å². The smallest absolute Gasteiger partial charge is 0.0705 e. The van der Waals surface area contributed by atoms with Crippen LogP contribution in [0.4, 0.5) is 0 Å². The zero-order valence-corrected chi connectivity index (χ0v) is 15.5. The summed E-state index contributed by atoms with van der Waals surface area (Å²) in [6, 6.07) is 17.1. The van der Waals surface area contributed by atoms with Gasteiger partial charge in [-0.25, -0.2) is 0 Å². The summed E-state index contributed by atoms with van der Waals surface area (Å²) in [6.07, 6.45) is 3.80. The Bertz CT molecular complexity index is 798. The highest BCUT2D eigenvalue weighted by Crippen LogP contribution is 2.23. The fourth-order valence-corrected chi connectivity index (χ4v) is 3.24. The van der Waals surface area contributed by atoms with Crippen molar-refractivity contribution in [3.05, 3.63) is 72.2 Å². The highest BCUT2D eigenvalue weighted by Gasteiger charge is 2.24. The van der Waals surface area contributed by atoms with E-state index >= 15 is 0 Å². The van der Waals surface area contributed by atoms with E-state index < -0.39 is 0 Å². The van der Waals surface area contributed by atoms with Gasteiger partial charge in [-0.1, -0.05) is 30.3 Å². The lowest BCUT2D eigenvalue weighted by molar-refractivity contribution is 0.152. The van der Waals surface area contributed by atoms with Crippen LogP contribution in [0.15, 0.2) is 60.9 Å². The molecule has 1 unspecified atom stereocenters. The molecule has 3 aromatic rings. The molecule has 25 heavy (non-hydrogen) atoms. The van der Waals surface area contributed by atoms with Crippen LogP contribution >= 0.6 is 24.8 Å². The Kier molecular flexibility index (Phi) is 7.14. The van der Waals surface area contributed by atoms with E-state index in [9.17, 15) is 0 Å². The number of fused-ring (bicyclic) bond motifs is 1. The first-order valence-corrected chi connectivity index (χ1v) is 8.09. The summed E-state index contributed by atoms with van der Waals surface area (Å²) in [6.45, 7) is 3.86. The van der Waals surface area contributed by atoms with Gasteiger partial charge in [-0.05, 0) is 23.8 Å². The van der Waals surface area contributed by atoms with Crippen molar-refractivity contribution < 1.29 is 0 Å². The van der Waals surface area contributed by atoms with Crippen LogP contribution in [-0.4, -0.2) is 34.5 Å². The topological polar surface area (TPSA) is 41.1 Å². The van der Waals surface area contributed by atoms with Crippen LogP contribution in [0.2, 0.25) is 0 Å². The van der Waals surface area contributed by atoms with Gasteiger partial charge < -0.3 is 5.32 Å². The maximum absolute atomic E-state index is 4.82. The van der Waals surface area contributed by atoms with E-state index in [4.69, 9.17) is 4.98 Å². The molecule has 0 saturated carbocycles. The van der Waals surface area contributed by atoms with Crippen LogP contribution in [0.5, 0.6) is 0 Å². The normalized spacial score (nSPS) is 17.5. The first-order chi connectivity index (χ1) is 11.4. The third kappa shape index (κ3) is 4.47. The van der Waals surface area contributed by atoms with E-state index in [1.165, 1.54) is 10.9 Å². The molecule has 1 N–H and O–H groups in total. The molecule has 3 heterocycles. The van der Waals surface area contributed by atoms with E-state index in [1.54, 1.807) is 0 Å². The number of halogens is 2. The maximum Gasteiger partial charge on any atom is 0.0705 e. The Morgan fingerprint density at radius 1 is 1.04 bits per heavy atom. The average Bonchev–Trinajstić information content (AvgIpc) is 2.63. The second kappa shape index (κ2) is 9.11. The van der Waals surface area contributed by atoms with Crippen molar-refractivity contribution in [2.24, 2.45) is 0 Å². The molecular formula is C19H22Cl2N4. The lowest BCUT2D eigenvalue weighted by atomic mass is 10.0. The standard InChI is InChI=1S/C19H20N4.2ClH/c1-2-6-18-15(4-1)7-8-17(22-18)14-23-11-10-21-13-19(23)16-5-3-9-20-12-16;;/h1-9,12,19,21H,10-11,13-14H2;2*1H. The van der Waals surface area contributed by atoms with Gasteiger partial charge in [0.15, 0.2) is 0 Å². The van der Waals surface area contributed by atoms with Gasteiger partial charge in [0, 0.05) is 50.0 Å². The number of pyridine rings is 2. The van der Waals surface area contributed by atoms with Crippen LogP contribution in [-0.2, 0) is 6.54 Å². The number of piperazine rings is 1. The predicted molar refractivity (Wildman–Crippen MR) is 106 cm³/mol. The van der Waals surface area contributed by atoms with Gasteiger partial charge in [0.25, 0.3) is 0 Å². The molecule has 4 nitrogen and oxygen atoms in total. The Hall–Kier alpha value is -1.72. The molecule has 2 aromatic heterocycles.